The van der Waals surface area contributed by atoms with Gasteiger partial charge in [0, 0.05) is 5.92 Å². The maximum atomic E-state index is 11.3. The minimum absolute atomic E-state index is 0.255. The lowest BCUT2D eigenvalue weighted by molar-refractivity contribution is -0.118. The SMILES string of the molecule is CC(C)=CC[C@@H]1CCC=CC1=O. The fraction of sp³-hybridized carbons (Fsp3) is 0.545. The van der Waals surface area contributed by atoms with Gasteiger partial charge in [-0.15, -0.1) is 0 Å². The topological polar surface area (TPSA) is 17.1 Å². The van der Waals surface area contributed by atoms with Crippen molar-refractivity contribution in [1.29, 1.82) is 0 Å². The highest BCUT2D eigenvalue weighted by molar-refractivity contribution is 5.92. The molecule has 0 aliphatic heterocycles. The molecule has 0 radical (unpaired) electrons. The Morgan fingerprint density at radius 1 is 1.67 bits per heavy atom. The van der Waals surface area contributed by atoms with Crippen molar-refractivity contribution in [3.63, 3.8) is 0 Å². The molecule has 66 valence electrons. The molecule has 0 fully saturated rings. The van der Waals surface area contributed by atoms with Crippen LogP contribution in [0.25, 0.3) is 0 Å². The van der Waals surface area contributed by atoms with E-state index < -0.39 is 0 Å². The quantitative estimate of drug-likeness (QED) is 0.573. The molecule has 0 bridgehead atoms. The van der Waals surface area contributed by atoms with Crippen LogP contribution in [0.15, 0.2) is 23.8 Å². The van der Waals surface area contributed by atoms with Crippen molar-refractivity contribution < 1.29 is 4.79 Å². The van der Waals surface area contributed by atoms with Gasteiger partial charge in [0.2, 0.25) is 0 Å². The Balaban J connectivity index is 2.47. The average Bonchev–Trinajstić information content (AvgIpc) is 2.03. The smallest absolute Gasteiger partial charge is 0.158 e. The standard InChI is InChI=1S/C11H16O/c1-9(2)7-8-10-5-3-4-6-11(10)12/h4,6-7,10H,3,5,8H2,1-2H3/t10-/m0/s1. The molecule has 1 atom stereocenters. The van der Waals surface area contributed by atoms with Gasteiger partial charge in [0.05, 0.1) is 0 Å². The van der Waals surface area contributed by atoms with Gasteiger partial charge < -0.3 is 0 Å². The van der Waals surface area contributed by atoms with Crippen LogP contribution >= 0.6 is 0 Å². The van der Waals surface area contributed by atoms with Gasteiger partial charge in [-0.25, -0.2) is 0 Å². The van der Waals surface area contributed by atoms with E-state index in [1.54, 1.807) is 6.08 Å². The zero-order chi connectivity index (χ0) is 8.97. The Labute approximate surface area is 74.2 Å². The third-order valence-electron chi connectivity index (χ3n) is 2.18. The van der Waals surface area contributed by atoms with Crippen LogP contribution < -0.4 is 0 Å². The van der Waals surface area contributed by atoms with Crippen molar-refractivity contribution in [2.24, 2.45) is 5.92 Å². The van der Waals surface area contributed by atoms with Crippen molar-refractivity contribution in [3.8, 4) is 0 Å². The summed E-state index contributed by atoms with van der Waals surface area (Å²) in [7, 11) is 0. The molecular weight excluding hydrogens is 148 g/mol. The molecule has 1 aliphatic rings. The highest BCUT2D eigenvalue weighted by Gasteiger charge is 2.16. The molecular formula is C11H16O. The Morgan fingerprint density at radius 3 is 3.00 bits per heavy atom. The lowest BCUT2D eigenvalue weighted by Crippen LogP contribution is -2.14. The van der Waals surface area contributed by atoms with Crippen LogP contribution in [-0.4, -0.2) is 5.78 Å². The zero-order valence-electron chi connectivity index (χ0n) is 7.84. The number of carbonyl (C=O) groups is 1. The summed E-state index contributed by atoms with van der Waals surface area (Å²) in [4.78, 5) is 11.3. The molecule has 0 N–H and O–H groups in total. The van der Waals surface area contributed by atoms with E-state index in [0.29, 0.717) is 5.78 Å². The van der Waals surface area contributed by atoms with E-state index in [-0.39, 0.29) is 5.92 Å². The Morgan fingerprint density at radius 2 is 2.42 bits per heavy atom. The summed E-state index contributed by atoms with van der Waals surface area (Å²) in [5.41, 5.74) is 1.30. The molecule has 0 heterocycles. The first kappa shape index (κ1) is 9.24. The molecule has 0 spiro atoms. The largest absolute Gasteiger partial charge is 0.295 e. The molecule has 0 amide bonds. The predicted molar refractivity (Wildman–Crippen MR) is 50.9 cm³/mol. The van der Waals surface area contributed by atoms with Crippen LogP contribution in [0.4, 0.5) is 0 Å². The maximum Gasteiger partial charge on any atom is 0.158 e. The van der Waals surface area contributed by atoms with Gasteiger partial charge >= 0.3 is 0 Å². The Hall–Kier alpha value is -0.850. The number of carbonyl (C=O) groups excluding carboxylic acids is 1. The Bertz CT molecular complexity index is 219. The second-order valence-electron chi connectivity index (χ2n) is 3.60. The third kappa shape index (κ3) is 2.65. The molecule has 0 aromatic carbocycles. The number of hydrogen-bond acceptors (Lipinski definition) is 1. The second kappa shape index (κ2) is 4.24. The second-order valence-corrected chi connectivity index (χ2v) is 3.60. The molecule has 1 heteroatoms. The van der Waals surface area contributed by atoms with E-state index in [1.165, 1.54) is 5.57 Å². The molecule has 0 aromatic rings. The van der Waals surface area contributed by atoms with Crippen molar-refractivity contribution in [2.45, 2.75) is 33.1 Å². The van der Waals surface area contributed by atoms with Crippen LogP contribution in [0.2, 0.25) is 0 Å². The summed E-state index contributed by atoms with van der Waals surface area (Å²) in [6.07, 6.45) is 8.87. The predicted octanol–water partition coefficient (Wildman–Crippen LogP) is 2.88. The van der Waals surface area contributed by atoms with Gasteiger partial charge in [-0.1, -0.05) is 17.7 Å². The molecule has 0 aromatic heterocycles. The van der Waals surface area contributed by atoms with Crippen molar-refractivity contribution in [1.82, 2.24) is 0 Å². The summed E-state index contributed by atoms with van der Waals surface area (Å²) in [6, 6.07) is 0. The van der Waals surface area contributed by atoms with Gasteiger partial charge in [0.15, 0.2) is 5.78 Å². The molecule has 0 saturated heterocycles. The highest BCUT2D eigenvalue weighted by atomic mass is 16.1. The number of ketones is 1. The fourth-order valence-electron chi connectivity index (χ4n) is 1.39. The van der Waals surface area contributed by atoms with Crippen molar-refractivity contribution in [2.75, 3.05) is 0 Å². The van der Waals surface area contributed by atoms with Gasteiger partial charge in [-0.3, -0.25) is 4.79 Å². The lowest BCUT2D eigenvalue weighted by Gasteiger charge is -2.14. The zero-order valence-corrected chi connectivity index (χ0v) is 7.84. The first-order valence-electron chi connectivity index (χ1n) is 4.54. The van der Waals surface area contributed by atoms with Gasteiger partial charge in [0.25, 0.3) is 0 Å². The molecule has 1 aliphatic carbocycles. The highest BCUT2D eigenvalue weighted by Crippen LogP contribution is 2.19. The molecule has 1 rings (SSSR count). The molecule has 12 heavy (non-hydrogen) atoms. The van der Waals surface area contributed by atoms with Crippen LogP contribution in [-0.2, 0) is 4.79 Å². The van der Waals surface area contributed by atoms with Crippen molar-refractivity contribution >= 4 is 5.78 Å². The maximum absolute atomic E-state index is 11.3. The van der Waals surface area contributed by atoms with Crippen LogP contribution in [0.1, 0.15) is 33.1 Å². The van der Waals surface area contributed by atoms with E-state index in [2.05, 4.69) is 19.9 Å². The summed E-state index contributed by atoms with van der Waals surface area (Å²) in [5, 5.41) is 0. The van der Waals surface area contributed by atoms with E-state index in [1.807, 2.05) is 6.08 Å². The number of rotatable bonds is 2. The van der Waals surface area contributed by atoms with E-state index >= 15 is 0 Å². The minimum atomic E-state index is 0.255. The first-order valence-corrected chi connectivity index (χ1v) is 4.54. The van der Waals surface area contributed by atoms with Crippen LogP contribution in [0.5, 0.6) is 0 Å². The van der Waals surface area contributed by atoms with E-state index in [4.69, 9.17) is 0 Å². The van der Waals surface area contributed by atoms with E-state index in [0.717, 1.165) is 19.3 Å². The first-order chi connectivity index (χ1) is 5.70. The van der Waals surface area contributed by atoms with E-state index in [9.17, 15) is 4.79 Å². The normalized spacial score (nSPS) is 22.5. The molecule has 1 nitrogen and oxygen atoms in total. The lowest BCUT2D eigenvalue weighted by atomic mass is 9.90. The number of allylic oxidation sites excluding steroid dienone is 4. The minimum Gasteiger partial charge on any atom is -0.295 e. The summed E-state index contributed by atoms with van der Waals surface area (Å²) in [6.45, 7) is 4.15. The molecule has 0 saturated carbocycles. The monoisotopic (exact) mass is 164 g/mol. The van der Waals surface area contributed by atoms with Gasteiger partial charge in [-0.2, -0.15) is 0 Å². The van der Waals surface area contributed by atoms with Gasteiger partial charge in [-0.05, 0) is 39.2 Å². The Kier molecular flexibility index (Phi) is 3.27. The van der Waals surface area contributed by atoms with Crippen LogP contribution in [0.3, 0.4) is 0 Å². The number of hydrogen-bond donors (Lipinski definition) is 0. The van der Waals surface area contributed by atoms with Crippen molar-refractivity contribution in [3.05, 3.63) is 23.8 Å². The fourth-order valence-corrected chi connectivity index (χ4v) is 1.39. The van der Waals surface area contributed by atoms with Crippen LogP contribution in [0, 0.1) is 5.92 Å². The van der Waals surface area contributed by atoms with Gasteiger partial charge in [0.1, 0.15) is 0 Å². The summed E-state index contributed by atoms with van der Waals surface area (Å²) >= 11 is 0. The summed E-state index contributed by atoms with van der Waals surface area (Å²) < 4.78 is 0. The third-order valence-corrected chi connectivity index (χ3v) is 2.18. The molecule has 0 unspecified atom stereocenters. The average molecular weight is 164 g/mol. The summed E-state index contributed by atoms with van der Waals surface area (Å²) in [5.74, 6) is 0.559.